The molecule has 0 heterocycles. The van der Waals surface area contributed by atoms with Crippen molar-refractivity contribution in [2.24, 2.45) is 0 Å². The minimum absolute atomic E-state index is 0. The predicted molar refractivity (Wildman–Crippen MR) is 51.3 cm³/mol. The summed E-state index contributed by atoms with van der Waals surface area (Å²) in [7, 11) is 8.28. The molecule has 0 aliphatic carbocycles. The van der Waals surface area contributed by atoms with E-state index in [-0.39, 0.29) is 6.15 Å². The number of hydrogen-bond donors (Lipinski definition) is 1. The second-order valence-corrected chi connectivity index (χ2v) is 3.00. The van der Waals surface area contributed by atoms with Crippen LogP contribution in [0.15, 0.2) is 12.2 Å². The predicted octanol–water partition coefficient (Wildman–Crippen LogP) is 0.828. The summed E-state index contributed by atoms with van der Waals surface area (Å²) in [5.41, 5.74) is 0. The summed E-state index contributed by atoms with van der Waals surface area (Å²) in [6.45, 7) is 2.07. The van der Waals surface area contributed by atoms with E-state index in [9.17, 15) is 0 Å². The van der Waals surface area contributed by atoms with E-state index in [0.717, 1.165) is 13.1 Å². The van der Waals surface area contributed by atoms with Crippen molar-refractivity contribution >= 4 is 0 Å². The van der Waals surface area contributed by atoms with Crippen LogP contribution in [-0.4, -0.2) is 51.1 Å². The van der Waals surface area contributed by atoms with Crippen LogP contribution in [-0.2, 0) is 0 Å². The van der Waals surface area contributed by atoms with Crippen LogP contribution < -0.4 is 6.15 Å². The van der Waals surface area contributed by atoms with Gasteiger partial charge in [0, 0.05) is 13.1 Å². The second-order valence-electron chi connectivity index (χ2n) is 3.00. The van der Waals surface area contributed by atoms with Gasteiger partial charge >= 0.3 is 0 Å². The van der Waals surface area contributed by atoms with Gasteiger partial charge in [-0.05, 0) is 28.2 Å². The standard InChI is InChI=1S/C8H18N2.H3N/c1-9(2)7-5-6-8-10(3)4;/h5-6H,7-8H2,1-4H3;1H3/b6-5+;. The van der Waals surface area contributed by atoms with Gasteiger partial charge in [0.15, 0.2) is 0 Å². The van der Waals surface area contributed by atoms with E-state index in [1.165, 1.54) is 0 Å². The number of nitrogens with zero attached hydrogens (tertiary/aromatic N) is 2. The van der Waals surface area contributed by atoms with Crippen molar-refractivity contribution in [3.63, 3.8) is 0 Å². The quantitative estimate of drug-likeness (QED) is 0.618. The SMILES string of the molecule is CN(C)C/C=C/CN(C)C.N. The van der Waals surface area contributed by atoms with Gasteiger partial charge in [0.1, 0.15) is 0 Å². The minimum atomic E-state index is 0. The first-order chi connectivity index (χ1) is 4.63. The maximum Gasteiger partial charge on any atom is 0.0157 e. The van der Waals surface area contributed by atoms with Crippen LogP contribution >= 0.6 is 0 Å². The maximum absolute atomic E-state index is 2.18. The van der Waals surface area contributed by atoms with Gasteiger partial charge < -0.3 is 16.0 Å². The molecule has 0 aromatic heterocycles. The molecule has 0 bridgehead atoms. The molecule has 0 radical (unpaired) electrons. The summed E-state index contributed by atoms with van der Waals surface area (Å²) in [6.07, 6.45) is 4.36. The Hall–Kier alpha value is -0.380. The zero-order valence-electron chi connectivity index (χ0n) is 8.17. The molecule has 0 aromatic rings. The molecule has 0 rings (SSSR count). The highest BCUT2D eigenvalue weighted by Gasteiger charge is 1.83. The fourth-order valence-corrected chi connectivity index (χ4v) is 0.571. The third-order valence-corrected chi connectivity index (χ3v) is 1.11. The molecule has 0 aromatic carbocycles. The average molecular weight is 159 g/mol. The summed E-state index contributed by atoms with van der Waals surface area (Å²) in [5.74, 6) is 0. The molecule has 11 heavy (non-hydrogen) atoms. The highest BCUT2D eigenvalue weighted by molar-refractivity contribution is 4.85. The van der Waals surface area contributed by atoms with Crippen LogP contribution in [0.5, 0.6) is 0 Å². The molecular weight excluding hydrogens is 138 g/mol. The van der Waals surface area contributed by atoms with E-state index in [4.69, 9.17) is 0 Å². The highest BCUT2D eigenvalue weighted by atomic mass is 15.1. The molecular formula is C8H21N3. The van der Waals surface area contributed by atoms with Gasteiger partial charge in [0.25, 0.3) is 0 Å². The zero-order valence-corrected chi connectivity index (χ0v) is 8.17. The van der Waals surface area contributed by atoms with Gasteiger partial charge in [0.2, 0.25) is 0 Å². The lowest BCUT2D eigenvalue weighted by atomic mass is 10.4. The highest BCUT2D eigenvalue weighted by Crippen LogP contribution is 1.79. The summed E-state index contributed by atoms with van der Waals surface area (Å²) in [6, 6.07) is 0. The molecule has 0 aliphatic heterocycles. The van der Waals surface area contributed by atoms with Crippen molar-refractivity contribution in [1.82, 2.24) is 16.0 Å². The summed E-state index contributed by atoms with van der Waals surface area (Å²) in [5, 5.41) is 0. The van der Waals surface area contributed by atoms with Crippen molar-refractivity contribution in [2.75, 3.05) is 41.3 Å². The van der Waals surface area contributed by atoms with E-state index in [1.54, 1.807) is 0 Å². The lowest BCUT2D eigenvalue weighted by molar-refractivity contribution is 0.444. The summed E-state index contributed by atoms with van der Waals surface area (Å²) in [4.78, 5) is 4.29. The van der Waals surface area contributed by atoms with E-state index in [2.05, 4.69) is 50.1 Å². The Labute approximate surface area is 70.3 Å². The lowest BCUT2D eigenvalue weighted by Gasteiger charge is -2.06. The summed E-state index contributed by atoms with van der Waals surface area (Å²) >= 11 is 0. The molecule has 3 nitrogen and oxygen atoms in total. The molecule has 0 aliphatic rings. The van der Waals surface area contributed by atoms with E-state index >= 15 is 0 Å². The Kier molecular flexibility index (Phi) is 9.29. The lowest BCUT2D eigenvalue weighted by Crippen LogP contribution is -2.13. The van der Waals surface area contributed by atoms with Crippen LogP contribution in [0.2, 0.25) is 0 Å². The first kappa shape index (κ1) is 13.2. The van der Waals surface area contributed by atoms with Crippen molar-refractivity contribution in [3.05, 3.63) is 12.2 Å². The topological polar surface area (TPSA) is 41.5 Å². The van der Waals surface area contributed by atoms with Crippen LogP contribution in [0.4, 0.5) is 0 Å². The van der Waals surface area contributed by atoms with Crippen molar-refractivity contribution in [1.29, 1.82) is 0 Å². The Bertz CT molecular complexity index is 85.5. The summed E-state index contributed by atoms with van der Waals surface area (Å²) < 4.78 is 0. The van der Waals surface area contributed by atoms with Crippen LogP contribution in [0, 0.1) is 0 Å². The first-order valence-electron chi connectivity index (χ1n) is 3.57. The van der Waals surface area contributed by atoms with Gasteiger partial charge in [-0.3, -0.25) is 0 Å². The molecule has 0 spiro atoms. The van der Waals surface area contributed by atoms with Crippen LogP contribution in [0.1, 0.15) is 0 Å². The van der Waals surface area contributed by atoms with E-state index in [0.29, 0.717) is 0 Å². The molecule has 0 atom stereocenters. The van der Waals surface area contributed by atoms with Crippen molar-refractivity contribution < 1.29 is 0 Å². The largest absolute Gasteiger partial charge is 0.344 e. The fraction of sp³-hybridized carbons (Fsp3) is 0.750. The van der Waals surface area contributed by atoms with Gasteiger partial charge in [-0.25, -0.2) is 0 Å². The Morgan fingerprint density at radius 3 is 1.27 bits per heavy atom. The number of likely N-dealkylation sites (N-methyl/N-ethyl adjacent to an activating group) is 2. The molecule has 0 fully saturated rings. The second kappa shape index (κ2) is 7.72. The Balaban J connectivity index is 0. The molecule has 0 saturated carbocycles. The van der Waals surface area contributed by atoms with Crippen molar-refractivity contribution in [2.45, 2.75) is 0 Å². The number of rotatable bonds is 4. The third kappa shape index (κ3) is 12.7. The molecule has 0 amide bonds. The van der Waals surface area contributed by atoms with Gasteiger partial charge in [-0.15, -0.1) is 0 Å². The monoisotopic (exact) mass is 159 g/mol. The molecule has 3 heteroatoms. The van der Waals surface area contributed by atoms with E-state index in [1.807, 2.05) is 0 Å². The molecule has 0 unspecified atom stereocenters. The molecule has 3 N–H and O–H groups in total. The van der Waals surface area contributed by atoms with Gasteiger partial charge in [0.05, 0.1) is 0 Å². The smallest absolute Gasteiger partial charge is 0.0157 e. The average Bonchev–Trinajstić information content (AvgIpc) is 1.79. The van der Waals surface area contributed by atoms with Crippen LogP contribution in [0.25, 0.3) is 0 Å². The molecule has 0 saturated heterocycles. The van der Waals surface area contributed by atoms with Gasteiger partial charge in [-0.1, -0.05) is 12.2 Å². The zero-order chi connectivity index (χ0) is 7.98. The third-order valence-electron chi connectivity index (χ3n) is 1.11. The minimum Gasteiger partial charge on any atom is -0.344 e. The fourth-order valence-electron chi connectivity index (χ4n) is 0.571. The maximum atomic E-state index is 2.18. The van der Waals surface area contributed by atoms with E-state index < -0.39 is 0 Å². The normalized spacial score (nSPS) is 11.1. The Morgan fingerprint density at radius 2 is 1.09 bits per heavy atom. The van der Waals surface area contributed by atoms with Gasteiger partial charge in [-0.2, -0.15) is 0 Å². The van der Waals surface area contributed by atoms with Crippen LogP contribution in [0.3, 0.4) is 0 Å². The number of hydrogen-bond acceptors (Lipinski definition) is 3. The first-order valence-corrected chi connectivity index (χ1v) is 3.57. The molecule has 68 valence electrons. The Morgan fingerprint density at radius 1 is 0.818 bits per heavy atom. The van der Waals surface area contributed by atoms with Crippen molar-refractivity contribution in [3.8, 4) is 0 Å².